The Balaban J connectivity index is 2.52. The van der Waals surface area contributed by atoms with E-state index in [0.717, 1.165) is 0 Å². The van der Waals surface area contributed by atoms with Crippen LogP contribution in [0.1, 0.15) is 5.56 Å². The molecule has 1 aromatic heterocycles. The summed E-state index contributed by atoms with van der Waals surface area (Å²) in [5.74, 6) is -0.447. The second-order valence-electron chi connectivity index (χ2n) is 3.41. The number of aromatic amines is 1. The van der Waals surface area contributed by atoms with E-state index in [0.29, 0.717) is 16.7 Å². The molecule has 0 aliphatic carbocycles. The number of benzene rings is 1. The Hall–Kier alpha value is -1.94. The number of rotatable bonds is 2. The minimum Gasteiger partial charge on any atom is -0.392 e. The molecule has 0 atom stereocenters. The van der Waals surface area contributed by atoms with Crippen LogP contribution in [0.3, 0.4) is 0 Å². The Morgan fingerprint density at radius 3 is 2.69 bits per heavy atom. The molecule has 1 aromatic carbocycles. The summed E-state index contributed by atoms with van der Waals surface area (Å²) < 4.78 is 13.6. The first-order valence-corrected chi connectivity index (χ1v) is 4.79. The minimum atomic E-state index is -0.447. The van der Waals surface area contributed by atoms with Crippen molar-refractivity contribution in [2.45, 2.75) is 6.61 Å². The van der Waals surface area contributed by atoms with Crippen molar-refractivity contribution in [2.75, 3.05) is 0 Å². The lowest BCUT2D eigenvalue weighted by atomic mass is 10.0. The number of H-pyrrole nitrogens is 1. The van der Waals surface area contributed by atoms with Gasteiger partial charge in [0.1, 0.15) is 5.82 Å². The van der Waals surface area contributed by atoms with E-state index < -0.39 is 5.82 Å². The molecule has 0 aliphatic heterocycles. The summed E-state index contributed by atoms with van der Waals surface area (Å²) in [6, 6.07) is 7.39. The molecular weight excluding hydrogens is 209 g/mol. The van der Waals surface area contributed by atoms with E-state index in [2.05, 4.69) is 4.98 Å². The lowest BCUT2D eigenvalue weighted by molar-refractivity contribution is 0.281. The third-order valence-corrected chi connectivity index (χ3v) is 2.30. The maximum atomic E-state index is 13.6. The van der Waals surface area contributed by atoms with E-state index in [1.807, 2.05) is 0 Å². The van der Waals surface area contributed by atoms with Crippen LogP contribution in [0.25, 0.3) is 11.1 Å². The molecule has 16 heavy (non-hydrogen) atoms. The molecule has 0 saturated carbocycles. The summed E-state index contributed by atoms with van der Waals surface area (Å²) >= 11 is 0. The Bertz CT molecular complexity index is 563. The van der Waals surface area contributed by atoms with Gasteiger partial charge in [0.2, 0.25) is 5.56 Å². The van der Waals surface area contributed by atoms with E-state index in [1.54, 1.807) is 18.2 Å². The Kier molecular flexibility index (Phi) is 2.83. The van der Waals surface area contributed by atoms with Crippen molar-refractivity contribution in [3.8, 4) is 11.1 Å². The monoisotopic (exact) mass is 219 g/mol. The molecule has 0 amide bonds. The summed E-state index contributed by atoms with van der Waals surface area (Å²) in [6.45, 7) is -0.202. The van der Waals surface area contributed by atoms with Crippen LogP contribution in [0.15, 0.2) is 41.3 Å². The zero-order valence-electron chi connectivity index (χ0n) is 8.40. The molecule has 2 rings (SSSR count). The first-order valence-electron chi connectivity index (χ1n) is 4.79. The topological polar surface area (TPSA) is 53.1 Å². The van der Waals surface area contributed by atoms with Gasteiger partial charge in [-0.25, -0.2) is 4.39 Å². The summed E-state index contributed by atoms with van der Waals surface area (Å²) in [5, 5.41) is 8.85. The van der Waals surface area contributed by atoms with Crippen molar-refractivity contribution < 1.29 is 9.50 Å². The fourth-order valence-electron chi connectivity index (χ4n) is 1.50. The predicted molar refractivity (Wildman–Crippen MR) is 58.4 cm³/mol. The Morgan fingerprint density at radius 1 is 1.25 bits per heavy atom. The summed E-state index contributed by atoms with van der Waals surface area (Å²) in [4.78, 5) is 13.5. The van der Waals surface area contributed by atoms with Crippen molar-refractivity contribution in [2.24, 2.45) is 0 Å². The van der Waals surface area contributed by atoms with Gasteiger partial charge in [0.25, 0.3) is 0 Å². The molecule has 82 valence electrons. The van der Waals surface area contributed by atoms with Gasteiger partial charge in [-0.1, -0.05) is 12.1 Å². The van der Waals surface area contributed by atoms with Crippen molar-refractivity contribution >= 4 is 0 Å². The Labute approximate surface area is 91.2 Å². The van der Waals surface area contributed by atoms with Gasteiger partial charge in [0.15, 0.2) is 0 Å². The highest BCUT2D eigenvalue weighted by atomic mass is 19.1. The van der Waals surface area contributed by atoms with Crippen molar-refractivity contribution in [3.63, 3.8) is 0 Å². The van der Waals surface area contributed by atoms with E-state index in [1.165, 1.54) is 18.3 Å². The van der Waals surface area contributed by atoms with E-state index in [4.69, 9.17) is 5.11 Å². The Morgan fingerprint density at radius 2 is 2.06 bits per heavy atom. The van der Waals surface area contributed by atoms with Gasteiger partial charge in [-0.3, -0.25) is 4.79 Å². The van der Waals surface area contributed by atoms with Gasteiger partial charge in [-0.05, 0) is 23.3 Å². The molecule has 2 aromatic rings. The maximum absolute atomic E-state index is 13.6. The fourth-order valence-corrected chi connectivity index (χ4v) is 1.50. The second kappa shape index (κ2) is 4.28. The van der Waals surface area contributed by atoms with Gasteiger partial charge in [0.05, 0.1) is 6.61 Å². The number of aliphatic hydroxyl groups excluding tert-OH is 1. The number of pyridine rings is 1. The van der Waals surface area contributed by atoms with Crippen LogP contribution in [-0.4, -0.2) is 10.1 Å². The lowest BCUT2D eigenvalue weighted by Gasteiger charge is -2.04. The van der Waals surface area contributed by atoms with Crippen molar-refractivity contribution in [1.29, 1.82) is 0 Å². The van der Waals surface area contributed by atoms with E-state index in [-0.39, 0.29) is 12.2 Å². The molecule has 0 spiro atoms. The zero-order chi connectivity index (χ0) is 11.5. The second-order valence-corrected chi connectivity index (χ2v) is 3.41. The highest BCUT2D eigenvalue weighted by Crippen LogP contribution is 2.22. The van der Waals surface area contributed by atoms with Crippen LogP contribution in [0.4, 0.5) is 4.39 Å². The average molecular weight is 219 g/mol. The van der Waals surface area contributed by atoms with Gasteiger partial charge >= 0.3 is 0 Å². The number of nitrogens with one attached hydrogen (secondary N) is 1. The number of hydrogen-bond acceptors (Lipinski definition) is 2. The van der Waals surface area contributed by atoms with E-state index >= 15 is 0 Å². The molecule has 4 heteroatoms. The molecule has 0 fully saturated rings. The van der Waals surface area contributed by atoms with Crippen LogP contribution in [0.5, 0.6) is 0 Å². The lowest BCUT2D eigenvalue weighted by Crippen LogP contribution is -2.02. The fraction of sp³-hybridized carbons (Fsp3) is 0.0833. The maximum Gasteiger partial charge on any atom is 0.248 e. The largest absolute Gasteiger partial charge is 0.392 e. The smallest absolute Gasteiger partial charge is 0.248 e. The van der Waals surface area contributed by atoms with Crippen LogP contribution in [0, 0.1) is 5.82 Å². The van der Waals surface area contributed by atoms with Gasteiger partial charge < -0.3 is 10.1 Å². The number of hydrogen-bond donors (Lipinski definition) is 2. The minimum absolute atomic E-state index is 0.202. The van der Waals surface area contributed by atoms with Crippen molar-refractivity contribution in [1.82, 2.24) is 4.98 Å². The van der Waals surface area contributed by atoms with Gasteiger partial charge in [-0.15, -0.1) is 0 Å². The average Bonchev–Trinajstić information content (AvgIpc) is 2.28. The van der Waals surface area contributed by atoms with Gasteiger partial charge in [0, 0.05) is 17.8 Å². The normalized spacial score (nSPS) is 10.4. The SMILES string of the molecule is O=c1cc(-c2ccc(CO)cc2F)cc[nH]1. The molecule has 0 radical (unpaired) electrons. The molecule has 0 saturated heterocycles. The molecule has 0 bridgehead atoms. The van der Waals surface area contributed by atoms with Crippen LogP contribution in [0.2, 0.25) is 0 Å². The first-order chi connectivity index (χ1) is 7.70. The van der Waals surface area contributed by atoms with Crippen LogP contribution < -0.4 is 5.56 Å². The highest BCUT2D eigenvalue weighted by molar-refractivity contribution is 5.63. The number of aromatic nitrogens is 1. The number of halogens is 1. The summed E-state index contributed by atoms with van der Waals surface area (Å²) in [7, 11) is 0. The van der Waals surface area contributed by atoms with Gasteiger partial charge in [-0.2, -0.15) is 0 Å². The first kappa shape index (κ1) is 10.6. The molecule has 2 N–H and O–H groups in total. The quantitative estimate of drug-likeness (QED) is 0.807. The van der Waals surface area contributed by atoms with E-state index in [9.17, 15) is 9.18 Å². The zero-order valence-corrected chi connectivity index (χ0v) is 8.40. The van der Waals surface area contributed by atoms with Crippen molar-refractivity contribution in [3.05, 3.63) is 58.3 Å². The molecular formula is C12H10FNO2. The molecule has 0 aliphatic rings. The standard InChI is InChI=1S/C12H10FNO2/c13-11-5-8(7-15)1-2-10(11)9-3-4-14-12(16)6-9/h1-6,15H,7H2,(H,14,16). The third kappa shape index (κ3) is 2.01. The highest BCUT2D eigenvalue weighted by Gasteiger charge is 2.06. The predicted octanol–water partition coefficient (Wildman–Crippen LogP) is 1.67. The molecule has 1 heterocycles. The van der Waals surface area contributed by atoms with Crippen LogP contribution >= 0.6 is 0 Å². The van der Waals surface area contributed by atoms with Crippen LogP contribution in [-0.2, 0) is 6.61 Å². The molecule has 0 unspecified atom stereocenters. The third-order valence-electron chi connectivity index (χ3n) is 2.30. The molecule has 3 nitrogen and oxygen atoms in total. The summed E-state index contributed by atoms with van der Waals surface area (Å²) in [6.07, 6.45) is 1.47. The number of aliphatic hydroxyl groups is 1. The summed E-state index contributed by atoms with van der Waals surface area (Å²) in [5.41, 5.74) is 1.10.